The van der Waals surface area contributed by atoms with Gasteiger partial charge in [0.1, 0.15) is 0 Å². The van der Waals surface area contributed by atoms with Crippen LogP contribution in [-0.2, 0) is 16.6 Å². The molecule has 0 aliphatic heterocycles. The number of hydrogen-bond acceptors (Lipinski definition) is 3. The molecule has 0 spiro atoms. The van der Waals surface area contributed by atoms with Gasteiger partial charge in [0, 0.05) is 24.1 Å². The van der Waals surface area contributed by atoms with Crippen molar-refractivity contribution in [2.24, 2.45) is 0 Å². The average Bonchev–Trinajstić information content (AvgIpc) is 2.84. The monoisotopic (exact) mass is 291 g/mol. The Kier molecular flexibility index (Phi) is 4.70. The number of hydrogen-bond donors (Lipinski definition) is 0. The minimum Gasteiger partial charge on any atom is -0.318 e. The summed E-state index contributed by atoms with van der Waals surface area (Å²) in [4.78, 5) is 8.62. The van der Waals surface area contributed by atoms with E-state index in [1.54, 1.807) is 6.20 Å². The van der Waals surface area contributed by atoms with Crippen LogP contribution in [0.2, 0.25) is 0 Å². The van der Waals surface area contributed by atoms with E-state index in [4.69, 9.17) is 0 Å². The zero-order valence-corrected chi connectivity index (χ0v) is 13.2. The molecule has 0 aliphatic rings. The van der Waals surface area contributed by atoms with Crippen LogP contribution in [0.5, 0.6) is 0 Å². The van der Waals surface area contributed by atoms with E-state index in [0.717, 1.165) is 11.4 Å². The van der Waals surface area contributed by atoms with Crippen LogP contribution in [0.1, 0.15) is 51.0 Å². The third-order valence-electron chi connectivity index (χ3n) is 3.11. The molecule has 0 N–H and O–H groups in total. The summed E-state index contributed by atoms with van der Waals surface area (Å²) in [5.74, 6) is 0.771. The molecule has 0 aliphatic carbocycles. The van der Waals surface area contributed by atoms with Gasteiger partial charge in [-0.2, -0.15) is 0 Å². The van der Waals surface area contributed by atoms with Gasteiger partial charge in [-0.1, -0.05) is 19.9 Å². The minimum absolute atomic E-state index is 0.248. The van der Waals surface area contributed by atoms with Gasteiger partial charge in [0.05, 0.1) is 22.2 Å². The van der Waals surface area contributed by atoms with Crippen LogP contribution >= 0.6 is 0 Å². The molecule has 0 radical (unpaired) electrons. The Morgan fingerprint density at radius 2 is 1.95 bits per heavy atom. The first-order valence-electron chi connectivity index (χ1n) is 6.86. The van der Waals surface area contributed by atoms with Gasteiger partial charge in [0.15, 0.2) is 5.16 Å². The predicted molar refractivity (Wildman–Crippen MR) is 81.1 cm³/mol. The van der Waals surface area contributed by atoms with Crippen LogP contribution in [0.15, 0.2) is 35.7 Å². The fraction of sp³-hybridized carbons (Fsp3) is 0.467. The lowest BCUT2D eigenvalue weighted by molar-refractivity contribution is 0.509. The summed E-state index contributed by atoms with van der Waals surface area (Å²) in [6.45, 7) is 8.44. The van der Waals surface area contributed by atoms with Crippen molar-refractivity contribution < 1.29 is 4.21 Å². The van der Waals surface area contributed by atoms with E-state index in [0.29, 0.717) is 16.8 Å². The Morgan fingerprint density at radius 3 is 2.50 bits per heavy atom. The molecule has 5 heteroatoms. The highest BCUT2D eigenvalue weighted by molar-refractivity contribution is 7.84. The summed E-state index contributed by atoms with van der Waals surface area (Å²) in [5, 5.41) is 0.648. The lowest BCUT2D eigenvalue weighted by atomic mass is 10.1. The van der Waals surface area contributed by atoms with Gasteiger partial charge >= 0.3 is 0 Å². The molecule has 1 atom stereocenters. The van der Waals surface area contributed by atoms with Gasteiger partial charge < -0.3 is 4.57 Å². The topological polar surface area (TPSA) is 47.8 Å². The molecular weight excluding hydrogens is 270 g/mol. The Balaban J connectivity index is 2.31. The fourth-order valence-electron chi connectivity index (χ4n) is 2.15. The Labute approximate surface area is 122 Å². The first kappa shape index (κ1) is 14.9. The van der Waals surface area contributed by atoms with E-state index in [9.17, 15) is 4.21 Å². The second kappa shape index (κ2) is 6.31. The van der Waals surface area contributed by atoms with Crippen LogP contribution in [0, 0.1) is 0 Å². The number of imidazole rings is 1. The Morgan fingerprint density at radius 1 is 1.20 bits per heavy atom. The smallest absolute Gasteiger partial charge is 0.199 e. The van der Waals surface area contributed by atoms with Crippen molar-refractivity contribution in [1.29, 1.82) is 0 Å². The van der Waals surface area contributed by atoms with Crippen molar-refractivity contribution in [3.05, 3.63) is 42.0 Å². The normalized spacial score (nSPS) is 13.1. The first-order chi connectivity index (χ1) is 9.50. The number of rotatable bonds is 5. The first-order valence-corrected chi connectivity index (χ1v) is 8.18. The van der Waals surface area contributed by atoms with Crippen molar-refractivity contribution in [2.45, 2.75) is 50.6 Å². The van der Waals surface area contributed by atoms with Crippen LogP contribution in [0.3, 0.4) is 0 Å². The quantitative estimate of drug-likeness (QED) is 0.849. The Hall–Kier alpha value is -1.49. The van der Waals surface area contributed by atoms with Gasteiger partial charge in [-0.05, 0) is 31.9 Å². The maximum atomic E-state index is 12.6. The molecule has 0 aromatic carbocycles. The van der Waals surface area contributed by atoms with E-state index in [2.05, 4.69) is 42.2 Å². The van der Waals surface area contributed by atoms with E-state index in [-0.39, 0.29) is 6.04 Å². The lowest BCUT2D eigenvalue weighted by Crippen LogP contribution is -2.13. The molecule has 0 bridgehead atoms. The summed E-state index contributed by atoms with van der Waals surface area (Å²) in [6, 6.07) is 5.91. The van der Waals surface area contributed by atoms with Crippen molar-refractivity contribution in [1.82, 2.24) is 14.5 Å². The van der Waals surface area contributed by atoms with Gasteiger partial charge in [-0.3, -0.25) is 9.19 Å². The molecule has 2 aromatic rings. The second-order valence-electron chi connectivity index (χ2n) is 5.40. The van der Waals surface area contributed by atoms with Crippen LogP contribution in [0.4, 0.5) is 0 Å². The summed E-state index contributed by atoms with van der Waals surface area (Å²) >= 11 is 0. The molecule has 0 amide bonds. The van der Waals surface area contributed by atoms with Gasteiger partial charge in [-0.15, -0.1) is 0 Å². The standard InChI is InChI=1S/C15H21N3OS/c1-11(2)14-9-17-15(18(14)12(3)4)20(19)10-13-7-5-6-8-16-13/h5-9,11-12H,10H2,1-4H3. The molecule has 20 heavy (non-hydrogen) atoms. The fourth-order valence-corrected chi connectivity index (χ4v) is 3.43. The molecule has 108 valence electrons. The highest BCUT2D eigenvalue weighted by Gasteiger charge is 2.19. The third kappa shape index (κ3) is 3.15. The van der Waals surface area contributed by atoms with Crippen molar-refractivity contribution >= 4 is 10.8 Å². The van der Waals surface area contributed by atoms with Crippen LogP contribution in [0.25, 0.3) is 0 Å². The van der Waals surface area contributed by atoms with Crippen molar-refractivity contribution in [3.63, 3.8) is 0 Å². The molecule has 1 unspecified atom stereocenters. The maximum Gasteiger partial charge on any atom is 0.199 e. The SMILES string of the molecule is CC(C)c1cnc(S(=O)Cc2ccccn2)n1C(C)C. The number of pyridine rings is 1. The van der Waals surface area contributed by atoms with E-state index in [1.165, 1.54) is 0 Å². The van der Waals surface area contributed by atoms with E-state index >= 15 is 0 Å². The molecule has 0 saturated heterocycles. The van der Waals surface area contributed by atoms with Gasteiger partial charge in [0.25, 0.3) is 0 Å². The van der Waals surface area contributed by atoms with Crippen molar-refractivity contribution in [2.75, 3.05) is 0 Å². The number of nitrogens with zero attached hydrogens (tertiary/aromatic N) is 3. The molecule has 0 saturated carbocycles. The molecule has 2 heterocycles. The second-order valence-corrected chi connectivity index (χ2v) is 6.74. The highest BCUT2D eigenvalue weighted by Crippen LogP contribution is 2.23. The summed E-state index contributed by atoms with van der Waals surface area (Å²) in [5.41, 5.74) is 1.96. The summed E-state index contributed by atoms with van der Waals surface area (Å²) in [6.07, 6.45) is 3.57. The zero-order chi connectivity index (χ0) is 14.7. The summed E-state index contributed by atoms with van der Waals surface area (Å²) < 4.78 is 14.7. The van der Waals surface area contributed by atoms with Crippen LogP contribution in [-0.4, -0.2) is 18.7 Å². The molecular formula is C15H21N3OS. The lowest BCUT2D eigenvalue weighted by Gasteiger charge is -2.17. The maximum absolute atomic E-state index is 12.6. The molecule has 0 fully saturated rings. The Bertz CT molecular complexity index is 590. The molecule has 2 aromatic heterocycles. The number of aromatic nitrogens is 3. The summed E-state index contributed by atoms with van der Waals surface area (Å²) in [7, 11) is -1.17. The van der Waals surface area contributed by atoms with Crippen molar-refractivity contribution in [3.8, 4) is 0 Å². The van der Waals surface area contributed by atoms with Gasteiger partial charge in [0.2, 0.25) is 0 Å². The van der Waals surface area contributed by atoms with E-state index < -0.39 is 10.8 Å². The minimum atomic E-state index is -1.17. The predicted octanol–water partition coefficient (Wildman–Crippen LogP) is 3.29. The third-order valence-corrected chi connectivity index (χ3v) is 4.38. The van der Waals surface area contributed by atoms with E-state index in [1.807, 2.05) is 24.4 Å². The molecule has 4 nitrogen and oxygen atoms in total. The van der Waals surface area contributed by atoms with Gasteiger partial charge in [-0.25, -0.2) is 4.98 Å². The average molecular weight is 291 g/mol. The van der Waals surface area contributed by atoms with Crippen LogP contribution < -0.4 is 0 Å². The highest BCUT2D eigenvalue weighted by atomic mass is 32.2. The largest absolute Gasteiger partial charge is 0.318 e. The zero-order valence-electron chi connectivity index (χ0n) is 12.4. The molecule has 2 rings (SSSR count).